The molecule has 0 aromatic heterocycles. The fraction of sp³-hybridized carbons (Fsp3) is 0.146. The van der Waals surface area contributed by atoms with E-state index in [1.54, 1.807) is 0 Å². The van der Waals surface area contributed by atoms with Gasteiger partial charge in [0.2, 0.25) is 40.2 Å². The molecule has 15 N–H and O–H groups in total. The lowest BCUT2D eigenvalue weighted by atomic mass is 9.91. The van der Waals surface area contributed by atoms with E-state index < -0.39 is 203 Å². The van der Waals surface area contributed by atoms with E-state index in [1.165, 1.54) is 0 Å². The second-order valence-corrected chi connectivity index (χ2v) is 14.6. The Morgan fingerprint density at radius 3 is 1.32 bits per heavy atom. The van der Waals surface area contributed by atoms with Crippen molar-refractivity contribution in [2.75, 3.05) is 6.61 Å². The van der Waals surface area contributed by atoms with Gasteiger partial charge in [-0.05, 0) is 18.2 Å². The van der Waals surface area contributed by atoms with Crippen molar-refractivity contribution in [3.05, 3.63) is 52.6 Å². The summed E-state index contributed by atoms with van der Waals surface area (Å²) in [5.74, 6) is -28.7. The molecule has 3 aliphatic heterocycles. The summed E-state index contributed by atoms with van der Waals surface area (Å²) in [4.78, 5) is 67.9. The number of aromatic hydroxyl groups is 14. The van der Waals surface area contributed by atoms with Gasteiger partial charge in [0.05, 0.1) is 22.3 Å². The third-order valence-electron chi connectivity index (χ3n) is 10.7. The Hall–Kier alpha value is -9.63. The summed E-state index contributed by atoms with van der Waals surface area (Å²) in [7, 11) is 0. The molecule has 2 unspecified atom stereocenters. The highest BCUT2D eigenvalue weighted by atomic mass is 16.7. The Kier molecular flexibility index (Phi) is 10.7. The molecule has 27 nitrogen and oxygen atoms in total. The van der Waals surface area contributed by atoms with E-state index in [1.807, 2.05) is 0 Å². The summed E-state index contributed by atoms with van der Waals surface area (Å²) in [5, 5.41) is 161. The number of hydrogen-bond acceptors (Lipinski definition) is 27. The van der Waals surface area contributed by atoms with Crippen LogP contribution >= 0.6 is 0 Å². The van der Waals surface area contributed by atoms with Crippen molar-refractivity contribution in [1.29, 1.82) is 0 Å². The number of aliphatic hydroxyl groups excluding tert-OH is 1. The predicted molar refractivity (Wildman–Crippen MR) is 209 cm³/mol. The van der Waals surface area contributed by atoms with E-state index >= 15 is 0 Å². The highest BCUT2D eigenvalue weighted by Crippen LogP contribution is 2.57. The minimum atomic E-state index is -2.51. The lowest BCUT2D eigenvalue weighted by Crippen LogP contribution is -2.62. The molecule has 5 atom stereocenters. The van der Waals surface area contributed by atoms with Crippen molar-refractivity contribution in [1.82, 2.24) is 0 Å². The Morgan fingerprint density at radius 1 is 0.456 bits per heavy atom. The fourth-order valence-corrected chi connectivity index (χ4v) is 7.48. The van der Waals surface area contributed by atoms with Crippen LogP contribution in [0, 0.1) is 0 Å². The number of aliphatic hydroxyl groups is 1. The van der Waals surface area contributed by atoms with Crippen LogP contribution < -0.4 is 9.47 Å². The molecule has 354 valence electrons. The van der Waals surface area contributed by atoms with Crippen molar-refractivity contribution >= 4 is 30.3 Å². The number of hydrogen-bond donors (Lipinski definition) is 15. The molecule has 5 aromatic rings. The van der Waals surface area contributed by atoms with E-state index in [0.29, 0.717) is 30.3 Å². The van der Waals surface area contributed by atoms with Gasteiger partial charge < -0.3 is 110 Å². The Labute approximate surface area is 373 Å². The van der Waals surface area contributed by atoms with Gasteiger partial charge in [-0.1, -0.05) is 0 Å². The molecule has 68 heavy (non-hydrogen) atoms. The van der Waals surface area contributed by atoms with E-state index in [-0.39, 0.29) is 6.47 Å². The van der Waals surface area contributed by atoms with Crippen molar-refractivity contribution in [3.63, 3.8) is 0 Å². The molecular weight excluding hydrogens is 924 g/mol. The largest absolute Gasteiger partial charge is 0.504 e. The van der Waals surface area contributed by atoms with Crippen LogP contribution in [0.5, 0.6) is 97.7 Å². The fourth-order valence-electron chi connectivity index (χ4n) is 7.48. The van der Waals surface area contributed by atoms with Gasteiger partial charge >= 0.3 is 23.9 Å². The number of benzene rings is 5. The van der Waals surface area contributed by atoms with Gasteiger partial charge in [-0.3, -0.25) is 4.79 Å². The minimum absolute atomic E-state index is 0.225. The standard InChI is InChI=1S/C41H28O27/c42-7-63-17-5-15(46)26(50)32(56)33(17)64-16-4-11-22(31(55)27(16)51)21-8(1-12(43)25(49)30(21)54)38(58)66-34-18(6-62-37(11)57)65-41(61)36-35(34)67-39(59)9-2-13(44)23(47)28(52)19(9)20-10(40(60)68-36)3-14(45)24(48)29(20)53/h1-5,7,18,34-36,41,43-56,61H,6H2/t18?,34-,35+,36?,41-/m1/s1. The number of rotatable bonds is 4. The number of carbonyl (C=O) groups excluding carboxylic acids is 5. The van der Waals surface area contributed by atoms with E-state index in [9.17, 15) is 101 Å². The Balaban J connectivity index is 1.30. The maximum atomic E-state index is 14.4. The van der Waals surface area contributed by atoms with Crippen LogP contribution in [0.4, 0.5) is 0 Å². The van der Waals surface area contributed by atoms with Gasteiger partial charge in [-0.15, -0.1) is 0 Å². The molecule has 3 aliphatic rings. The summed E-state index contributed by atoms with van der Waals surface area (Å²) in [6.07, 6.45) is -11.7. The smallest absolute Gasteiger partial charge is 0.339 e. The van der Waals surface area contributed by atoms with Crippen molar-refractivity contribution in [2.45, 2.75) is 30.7 Å². The summed E-state index contributed by atoms with van der Waals surface area (Å²) >= 11 is 0. The van der Waals surface area contributed by atoms with E-state index in [2.05, 4.69) is 4.74 Å². The SMILES string of the molecule is O=COc1cc(O)c(O)c(O)c1Oc1cc2c(c(O)c1O)-c1c(cc(O)c(O)c1O)C(=O)O[C@@H]1C(COC2=O)O[C@@H](O)C2OC(=O)c3cc(O)c(O)c(O)c3-c3c(cc(O)c(O)c3O)C(=O)O[C@H]21. The molecule has 0 radical (unpaired) electrons. The average Bonchev–Trinajstić information content (AvgIpc) is 3.30. The first-order valence-electron chi connectivity index (χ1n) is 18.7. The number of phenols is 14. The summed E-state index contributed by atoms with van der Waals surface area (Å²) in [5.41, 5.74) is -8.55. The summed E-state index contributed by atoms with van der Waals surface area (Å²) in [6.45, 7) is -1.45. The van der Waals surface area contributed by atoms with Crippen molar-refractivity contribution in [2.24, 2.45) is 0 Å². The third kappa shape index (κ3) is 6.89. The van der Waals surface area contributed by atoms with Gasteiger partial charge in [0, 0.05) is 34.4 Å². The first-order valence-corrected chi connectivity index (χ1v) is 18.7. The maximum Gasteiger partial charge on any atom is 0.339 e. The van der Waals surface area contributed by atoms with Crippen LogP contribution in [-0.2, 0) is 28.5 Å². The van der Waals surface area contributed by atoms with Crippen LogP contribution in [0.25, 0.3) is 22.3 Å². The van der Waals surface area contributed by atoms with Crippen LogP contribution in [0.1, 0.15) is 41.4 Å². The molecule has 0 bridgehead atoms. The average molecular weight is 953 g/mol. The Morgan fingerprint density at radius 2 is 0.853 bits per heavy atom. The minimum Gasteiger partial charge on any atom is -0.504 e. The second kappa shape index (κ2) is 16.1. The molecule has 0 aliphatic carbocycles. The number of phenolic OH excluding ortho intramolecular Hbond substituents is 14. The molecule has 27 heteroatoms. The highest BCUT2D eigenvalue weighted by Gasteiger charge is 2.54. The van der Waals surface area contributed by atoms with Gasteiger partial charge in [-0.2, -0.15) is 0 Å². The maximum absolute atomic E-state index is 14.4. The number of fused-ring (bicyclic) bond motifs is 9. The summed E-state index contributed by atoms with van der Waals surface area (Å²) < 4.78 is 37.5. The summed E-state index contributed by atoms with van der Waals surface area (Å²) in [6, 6.07) is 2.34. The molecular formula is C41H28O27. The first kappa shape index (κ1) is 45.0. The normalized spacial score (nSPS) is 19.9. The number of esters is 4. The first-order chi connectivity index (χ1) is 32.1. The molecule has 1 saturated heterocycles. The van der Waals surface area contributed by atoms with Crippen LogP contribution in [0.15, 0.2) is 30.3 Å². The van der Waals surface area contributed by atoms with Gasteiger partial charge in [0.1, 0.15) is 12.7 Å². The molecule has 5 aromatic carbocycles. The topological polar surface area (TPSA) is 453 Å². The third-order valence-corrected chi connectivity index (χ3v) is 10.7. The lowest BCUT2D eigenvalue weighted by molar-refractivity contribution is -0.284. The zero-order valence-electron chi connectivity index (χ0n) is 33.2. The molecule has 0 amide bonds. The van der Waals surface area contributed by atoms with E-state index in [4.69, 9.17) is 28.4 Å². The van der Waals surface area contributed by atoms with E-state index in [0.717, 1.165) is 0 Å². The molecule has 1 fully saturated rings. The number of cyclic esters (lactones) is 1. The molecule has 3 heterocycles. The van der Waals surface area contributed by atoms with Gasteiger partial charge in [0.25, 0.3) is 6.47 Å². The zero-order valence-corrected chi connectivity index (χ0v) is 33.2. The van der Waals surface area contributed by atoms with Gasteiger partial charge in [0.15, 0.2) is 82.1 Å². The Bertz CT molecular complexity index is 3070. The molecule has 0 spiro atoms. The highest BCUT2D eigenvalue weighted by molar-refractivity contribution is 6.10. The van der Waals surface area contributed by atoms with Crippen molar-refractivity contribution in [3.8, 4) is 120 Å². The van der Waals surface area contributed by atoms with Crippen molar-refractivity contribution < 1.29 is 134 Å². The monoisotopic (exact) mass is 952 g/mol. The number of ether oxygens (including phenoxy) is 7. The lowest BCUT2D eigenvalue weighted by Gasteiger charge is -2.43. The van der Waals surface area contributed by atoms with Gasteiger partial charge in [-0.25, -0.2) is 19.2 Å². The zero-order chi connectivity index (χ0) is 49.5. The van der Waals surface area contributed by atoms with Crippen LogP contribution in [0.2, 0.25) is 0 Å². The van der Waals surface area contributed by atoms with Crippen LogP contribution in [-0.4, -0.2) is 144 Å². The molecule has 0 saturated carbocycles. The molecule has 8 rings (SSSR count). The quantitative estimate of drug-likeness (QED) is 0.0524. The second-order valence-electron chi connectivity index (χ2n) is 14.6. The number of carbonyl (C=O) groups is 5. The van der Waals surface area contributed by atoms with Crippen LogP contribution in [0.3, 0.4) is 0 Å². The predicted octanol–water partition coefficient (Wildman–Crippen LogP) is 1.40.